The summed E-state index contributed by atoms with van der Waals surface area (Å²) in [5.41, 5.74) is 13.6. The molecule has 0 fully saturated rings. The van der Waals surface area contributed by atoms with Crippen LogP contribution in [0.25, 0.3) is 0 Å². The summed E-state index contributed by atoms with van der Waals surface area (Å²) in [6, 6.07) is 2.11. The lowest BCUT2D eigenvalue weighted by atomic mass is 10.0. The fourth-order valence-corrected chi connectivity index (χ4v) is 1.29. The van der Waals surface area contributed by atoms with Crippen molar-refractivity contribution in [2.45, 2.75) is 32.7 Å². The number of nitrogens with zero attached hydrogens (tertiary/aromatic N) is 1. The maximum atomic E-state index is 5.94. The van der Waals surface area contributed by atoms with E-state index in [0.29, 0.717) is 5.82 Å². The van der Waals surface area contributed by atoms with Gasteiger partial charge in [0.1, 0.15) is 5.82 Å². The van der Waals surface area contributed by atoms with Gasteiger partial charge in [0.2, 0.25) is 0 Å². The fourth-order valence-electron chi connectivity index (χ4n) is 1.29. The summed E-state index contributed by atoms with van der Waals surface area (Å²) in [7, 11) is 0. The molecule has 0 radical (unpaired) electrons. The van der Waals surface area contributed by atoms with E-state index in [1.165, 1.54) is 0 Å². The highest BCUT2D eigenvalue weighted by molar-refractivity contribution is 5.40. The van der Waals surface area contributed by atoms with Gasteiger partial charge in [0, 0.05) is 12.2 Å². The summed E-state index contributed by atoms with van der Waals surface area (Å²) < 4.78 is 0. The van der Waals surface area contributed by atoms with Crippen LogP contribution in [-0.4, -0.2) is 4.98 Å². The van der Waals surface area contributed by atoms with Crippen LogP contribution in [0.5, 0.6) is 0 Å². The summed E-state index contributed by atoms with van der Waals surface area (Å²) >= 11 is 0. The van der Waals surface area contributed by atoms with Gasteiger partial charge in [0.25, 0.3) is 0 Å². The molecule has 1 atom stereocenters. The van der Waals surface area contributed by atoms with E-state index in [9.17, 15) is 0 Å². The minimum atomic E-state index is 0.0943. The van der Waals surface area contributed by atoms with Crippen LogP contribution in [0, 0.1) is 6.92 Å². The normalized spacial score (nSPS) is 12.8. The Balaban J connectivity index is 2.84. The first kappa shape index (κ1) is 9.99. The molecule has 3 nitrogen and oxygen atoms in total. The van der Waals surface area contributed by atoms with Crippen LogP contribution in [0.3, 0.4) is 0 Å². The summed E-state index contributed by atoms with van der Waals surface area (Å²) in [6.07, 6.45) is 3.85. The molecule has 1 aromatic rings. The molecule has 0 aromatic carbocycles. The lowest BCUT2D eigenvalue weighted by Crippen LogP contribution is -2.10. The number of hydrogen-bond acceptors (Lipinski definition) is 3. The molecular formula is C10H17N3. The van der Waals surface area contributed by atoms with Crippen LogP contribution in [0.15, 0.2) is 12.3 Å². The zero-order chi connectivity index (χ0) is 9.84. The van der Waals surface area contributed by atoms with E-state index in [0.717, 1.165) is 24.0 Å². The minimum Gasteiger partial charge on any atom is -0.383 e. The summed E-state index contributed by atoms with van der Waals surface area (Å²) in [5, 5.41) is 0. The lowest BCUT2D eigenvalue weighted by Gasteiger charge is -2.11. The first-order valence-electron chi connectivity index (χ1n) is 4.62. The smallest absolute Gasteiger partial charge is 0.126 e. The molecule has 0 aliphatic rings. The molecule has 3 heteroatoms. The Morgan fingerprint density at radius 2 is 2.23 bits per heavy atom. The van der Waals surface area contributed by atoms with Crippen LogP contribution < -0.4 is 11.5 Å². The number of aromatic nitrogens is 1. The van der Waals surface area contributed by atoms with Crippen molar-refractivity contribution in [2.75, 3.05) is 5.73 Å². The molecule has 1 heterocycles. The Morgan fingerprint density at radius 1 is 1.54 bits per heavy atom. The summed E-state index contributed by atoms with van der Waals surface area (Å²) in [5.74, 6) is 0.590. The van der Waals surface area contributed by atoms with Crippen molar-refractivity contribution in [2.24, 2.45) is 5.73 Å². The topological polar surface area (TPSA) is 64.9 Å². The van der Waals surface area contributed by atoms with Crippen molar-refractivity contribution >= 4 is 5.82 Å². The third-order valence-corrected chi connectivity index (χ3v) is 2.17. The Labute approximate surface area is 79.2 Å². The van der Waals surface area contributed by atoms with E-state index in [-0.39, 0.29) is 6.04 Å². The molecule has 0 saturated heterocycles. The van der Waals surface area contributed by atoms with E-state index in [4.69, 9.17) is 11.5 Å². The van der Waals surface area contributed by atoms with Gasteiger partial charge in [0.05, 0.1) is 0 Å². The van der Waals surface area contributed by atoms with E-state index in [1.807, 2.05) is 13.0 Å². The standard InChI is InChI=1S/C10H17N3/c1-3-4-9(11)8-5-7(2)10(12)13-6-8/h5-6,9H,3-4,11H2,1-2H3,(H2,12,13)/t9-/m1/s1. The first-order chi connectivity index (χ1) is 6.15. The molecule has 0 bridgehead atoms. The van der Waals surface area contributed by atoms with E-state index >= 15 is 0 Å². The first-order valence-corrected chi connectivity index (χ1v) is 4.62. The van der Waals surface area contributed by atoms with Crippen LogP contribution >= 0.6 is 0 Å². The quantitative estimate of drug-likeness (QED) is 0.743. The van der Waals surface area contributed by atoms with E-state index in [2.05, 4.69) is 11.9 Å². The Kier molecular flexibility index (Phi) is 3.25. The third kappa shape index (κ3) is 2.42. The number of pyridine rings is 1. The maximum Gasteiger partial charge on any atom is 0.126 e. The Hall–Kier alpha value is -1.09. The van der Waals surface area contributed by atoms with Crippen molar-refractivity contribution < 1.29 is 0 Å². The number of anilines is 1. The number of nitrogen functional groups attached to an aromatic ring is 1. The van der Waals surface area contributed by atoms with Gasteiger partial charge in [0.15, 0.2) is 0 Å². The highest BCUT2D eigenvalue weighted by Gasteiger charge is 2.06. The highest BCUT2D eigenvalue weighted by atomic mass is 14.8. The molecule has 0 amide bonds. The molecule has 1 aromatic heterocycles. The molecule has 4 N–H and O–H groups in total. The number of hydrogen-bond donors (Lipinski definition) is 2. The fraction of sp³-hybridized carbons (Fsp3) is 0.500. The van der Waals surface area contributed by atoms with Gasteiger partial charge in [-0.3, -0.25) is 0 Å². The SMILES string of the molecule is CCC[C@@H](N)c1cnc(N)c(C)c1. The Morgan fingerprint density at radius 3 is 2.77 bits per heavy atom. The molecule has 0 unspecified atom stereocenters. The summed E-state index contributed by atoms with van der Waals surface area (Å²) in [4.78, 5) is 4.08. The third-order valence-electron chi connectivity index (χ3n) is 2.17. The van der Waals surface area contributed by atoms with Crippen LogP contribution in [0.1, 0.15) is 36.9 Å². The van der Waals surface area contributed by atoms with E-state index < -0.39 is 0 Å². The van der Waals surface area contributed by atoms with Gasteiger partial charge in [-0.1, -0.05) is 13.3 Å². The van der Waals surface area contributed by atoms with Crippen molar-refractivity contribution in [1.29, 1.82) is 0 Å². The van der Waals surface area contributed by atoms with Gasteiger partial charge in [-0.2, -0.15) is 0 Å². The minimum absolute atomic E-state index is 0.0943. The van der Waals surface area contributed by atoms with Gasteiger partial charge < -0.3 is 11.5 Å². The molecule has 0 aliphatic carbocycles. The Bertz CT molecular complexity index is 283. The van der Waals surface area contributed by atoms with Gasteiger partial charge >= 0.3 is 0 Å². The molecule has 1 rings (SSSR count). The lowest BCUT2D eigenvalue weighted by molar-refractivity contribution is 0.636. The van der Waals surface area contributed by atoms with Gasteiger partial charge in [-0.25, -0.2) is 4.98 Å². The van der Waals surface area contributed by atoms with Crippen molar-refractivity contribution in [3.8, 4) is 0 Å². The average molecular weight is 179 g/mol. The number of aryl methyl sites for hydroxylation is 1. The van der Waals surface area contributed by atoms with Crippen LogP contribution in [0.2, 0.25) is 0 Å². The molecule has 72 valence electrons. The predicted molar refractivity (Wildman–Crippen MR) is 55.2 cm³/mol. The average Bonchev–Trinajstić information content (AvgIpc) is 2.10. The molecule has 13 heavy (non-hydrogen) atoms. The second-order valence-corrected chi connectivity index (χ2v) is 3.37. The van der Waals surface area contributed by atoms with Gasteiger partial charge in [-0.15, -0.1) is 0 Å². The zero-order valence-electron chi connectivity index (χ0n) is 8.25. The zero-order valence-corrected chi connectivity index (χ0v) is 8.25. The molecular weight excluding hydrogens is 162 g/mol. The van der Waals surface area contributed by atoms with Crippen LogP contribution in [-0.2, 0) is 0 Å². The molecule has 0 spiro atoms. The van der Waals surface area contributed by atoms with Crippen molar-refractivity contribution in [3.05, 3.63) is 23.4 Å². The van der Waals surface area contributed by atoms with Crippen LogP contribution in [0.4, 0.5) is 5.82 Å². The number of rotatable bonds is 3. The number of nitrogens with two attached hydrogens (primary N) is 2. The van der Waals surface area contributed by atoms with E-state index in [1.54, 1.807) is 6.20 Å². The monoisotopic (exact) mass is 179 g/mol. The van der Waals surface area contributed by atoms with Crippen molar-refractivity contribution in [1.82, 2.24) is 4.98 Å². The highest BCUT2D eigenvalue weighted by Crippen LogP contribution is 2.17. The predicted octanol–water partition coefficient (Wildman–Crippen LogP) is 1.77. The second kappa shape index (κ2) is 4.23. The molecule has 0 aliphatic heterocycles. The maximum absolute atomic E-state index is 5.94. The largest absolute Gasteiger partial charge is 0.383 e. The summed E-state index contributed by atoms with van der Waals surface area (Å²) in [6.45, 7) is 4.07. The molecule has 0 saturated carbocycles. The second-order valence-electron chi connectivity index (χ2n) is 3.37. The van der Waals surface area contributed by atoms with Crippen molar-refractivity contribution in [3.63, 3.8) is 0 Å². The van der Waals surface area contributed by atoms with Gasteiger partial charge in [-0.05, 0) is 30.5 Å².